The van der Waals surface area contributed by atoms with Gasteiger partial charge in [-0.3, -0.25) is 15.6 Å². The molecule has 0 spiro atoms. The Morgan fingerprint density at radius 3 is 2.38 bits per heavy atom. The molecule has 0 bridgehead atoms. The number of benzene rings is 1. The maximum atomic E-state index is 12.1. The quantitative estimate of drug-likeness (QED) is 0.0954. The summed E-state index contributed by atoms with van der Waals surface area (Å²) in [5, 5.41) is 5.83. The number of hydrogen-bond acceptors (Lipinski definition) is 8. The van der Waals surface area contributed by atoms with Crippen LogP contribution in [0.2, 0.25) is 0 Å². The van der Waals surface area contributed by atoms with Crippen LogP contribution in [-0.4, -0.2) is 71.1 Å². The number of likely N-dealkylation sites (N-methyl/N-ethyl adjacent to an activating group) is 1. The first-order valence-electron chi connectivity index (χ1n) is 11.8. The van der Waals surface area contributed by atoms with E-state index in [0.717, 1.165) is 23.8 Å². The Kier molecular flexibility index (Phi) is 27.9. The Labute approximate surface area is 239 Å². The molecule has 34 heavy (non-hydrogen) atoms. The molecule has 1 unspecified atom stereocenters. The Hall–Kier alpha value is 0.0819. The monoisotopic (exact) mass is 741 g/mol. The van der Waals surface area contributed by atoms with E-state index in [2.05, 4.69) is 24.5 Å². The maximum absolute atomic E-state index is 12.1. The second-order valence-corrected chi connectivity index (χ2v) is 8.65. The van der Waals surface area contributed by atoms with Crippen LogP contribution in [0.5, 0.6) is 5.75 Å². The normalized spacial score (nSPS) is 11.3. The molecule has 0 aliphatic rings. The van der Waals surface area contributed by atoms with E-state index >= 15 is 0 Å². The van der Waals surface area contributed by atoms with Gasteiger partial charge in [-0.2, -0.15) is 0 Å². The van der Waals surface area contributed by atoms with Gasteiger partial charge in [-0.15, -0.1) is 0 Å². The van der Waals surface area contributed by atoms with Crippen LogP contribution >= 0.6 is 10.8 Å². The van der Waals surface area contributed by atoms with Gasteiger partial charge in [0.05, 0.1) is 26.4 Å². The van der Waals surface area contributed by atoms with Crippen LogP contribution in [0.3, 0.4) is 0 Å². The molecule has 0 aliphatic heterocycles. The Morgan fingerprint density at radius 1 is 1.06 bits per heavy atom. The molecule has 0 aromatic heterocycles. The van der Waals surface area contributed by atoms with Crippen LogP contribution in [0.4, 0.5) is 0 Å². The Balaban J connectivity index is 0. The molecule has 1 aromatic rings. The SMILES string of the molecule is CC.CNCCNC(=O)c1cccc(OCC(OCCOCCOCCCC(C)C)S[S-])c1.[U]. The number of nitrogens with one attached hydrogen (secondary N) is 2. The van der Waals surface area contributed by atoms with Crippen LogP contribution in [0.1, 0.15) is 50.9 Å². The number of rotatable bonds is 19. The first-order valence-corrected chi connectivity index (χ1v) is 13.6. The van der Waals surface area contributed by atoms with Crippen molar-refractivity contribution in [2.45, 2.75) is 46.0 Å². The smallest absolute Gasteiger partial charge is 0.251 e. The van der Waals surface area contributed by atoms with Crippen molar-refractivity contribution in [3.63, 3.8) is 0 Å². The van der Waals surface area contributed by atoms with Gasteiger partial charge in [0.1, 0.15) is 17.8 Å². The topological polar surface area (TPSA) is 78.1 Å². The van der Waals surface area contributed by atoms with Gasteiger partial charge in [-0.25, -0.2) is 0 Å². The molecule has 0 radical (unpaired) electrons. The van der Waals surface area contributed by atoms with E-state index in [4.69, 9.17) is 30.6 Å². The summed E-state index contributed by atoms with van der Waals surface area (Å²) in [7, 11) is 3.00. The van der Waals surface area contributed by atoms with Gasteiger partial charge in [0.15, 0.2) is 0 Å². The van der Waals surface area contributed by atoms with Crippen molar-refractivity contribution in [1.82, 2.24) is 10.6 Å². The molecule has 1 atom stereocenters. The van der Waals surface area contributed by atoms with Gasteiger partial charge in [0.2, 0.25) is 0 Å². The number of ether oxygens (including phenoxy) is 4. The summed E-state index contributed by atoms with van der Waals surface area (Å²) in [6.07, 6.45) is 2.27. The molecule has 0 fully saturated rings. The molecule has 1 aromatic carbocycles. The standard InChI is InChI=1S/C22H38N2O5S2.C2H6.U/c1-18(2)6-5-11-26-12-13-27-14-15-28-21(31-30)17-29-20-8-4-7-19(16-20)22(25)24-10-9-23-3;1-2;/h4,7-8,16,18,21,23,30H,5-6,9-15,17H2,1-3H3,(H,24,25);1-2H3;/p-1. The molecule has 10 heteroatoms. The number of carbonyl (C=O) groups excluding carboxylic acids is 1. The molecule has 1 rings (SSSR count). The van der Waals surface area contributed by atoms with Gasteiger partial charge in [0, 0.05) is 56.4 Å². The van der Waals surface area contributed by atoms with E-state index in [1.165, 1.54) is 6.42 Å². The summed E-state index contributed by atoms with van der Waals surface area (Å²) in [6.45, 7) is 12.8. The summed E-state index contributed by atoms with van der Waals surface area (Å²) < 4.78 is 22.5. The van der Waals surface area contributed by atoms with Crippen molar-refractivity contribution in [3.05, 3.63) is 29.8 Å². The molecule has 196 valence electrons. The molecule has 0 saturated heterocycles. The van der Waals surface area contributed by atoms with Crippen molar-refractivity contribution < 1.29 is 54.9 Å². The van der Waals surface area contributed by atoms with E-state index in [9.17, 15) is 4.79 Å². The van der Waals surface area contributed by atoms with Crippen molar-refractivity contribution in [1.29, 1.82) is 0 Å². The first-order chi connectivity index (χ1) is 16.1. The molecular weight excluding hydrogens is 698 g/mol. The molecule has 2 N–H and O–H groups in total. The number of hydrogen-bond donors (Lipinski definition) is 2. The van der Waals surface area contributed by atoms with Crippen LogP contribution in [0, 0.1) is 37.0 Å². The predicted octanol–water partition coefficient (Wildman–Crippen LogP) is 4.05. The van der Waals surface area contributed by atoms with Crippen LogP contribution in [0.15, 0.2) is 24.3 Å². The van der Waals surface area contributed by atoms with Gasteiger partial charge in [0.25, 0.3) is 5.91 Å². The van der Waals surface area contributed by atoms with Gasteiger partial charge in [-0.1, -0.05) is 33.8 Å². The largest absolute Gasteiger partial charge is 0.716 e. The van der Waals surface area contributed by atoms with Crippen LogP contribution < -0.4 is 15.4 Å². The van der Waals surface area contributed by atoms with Crippen LogP contribution in [0.25, 0.3) is 0 Å². The van der Waals surface area contributed by atoms with E-state index in [0.29, 0.717) is 56.7 Å². The van der Waals surface area contributed by atoms with Crippen molar-refractivity contribution >= 4 is 28.4 Å². The van der Waals surface area contributed by atoms with E-state index in [1.807, 2.05) is 20.9 Å². The maximum Gasteiger partial charge on any atom is 0.251 e. The van der Waals surface area contributed by atoms with Crippen molar-refractivity contribution in [2.24, 2.45) is 5.92 Å². The summed E-state index contributed by atoms with van der Waals surface area (Å²) in [6, 6.07) is 7.06. The fourth-order valence-electron chi connectivity index (χ4n) is 2.55. The van der Waals surface area contributed by atoms with Crippen molar-refractivity contribution in [2.75, 3.05) is 59.8 Å². The van der Waals surface area contributed by atoms with Gasteiger partial charge in [-0.05, 0) is 44.0 Å². The minimum atomic E-state index is -0.293. The van der Waals surface area contributed by atoms with Gasteiger partial charge < -0.3 is 41.2 Å². The first kappa shape index (κ1) is 36.2. The number of amides is 1. The summed E-state index contributed by atoms with van der Waals surface area (Å²) in [5.41, 5.74) is 0.260. The Bertz CT molecular complexity index is 600. The zero-order valence-corrected chi connectivity index (χ0v) is 27.2. The zero-order chi connectivity index (χ0) is 24.7. The molecule has 0 saturated carbocycles. The molecule has 1 amide bonds. The predicted molar refractivity (Wildman–Crippen MR) is 140 cm³/mol. The number of carbonyl (C=O) groups is 1. The minimum Gasteiger partial charge on any atom is -0.716 e. The molecule has 0 heterocycles. The second-order valence-electron chi connectivity index (χ2n) is 7.36. The summed E-state index contributed by atoms with van der Waals surface area (Å²) >= 11 is 5.07. The second kappa shape index (κ2) is 26.2. The van der Waals surface area contributed by atoms with E-state index in [1.54, 1.807) is 24.3 Å². The van der Waals surface area contributed by atoms with E-state index < -0.39 is 0 Å². The average molecular weight is 742 g/mol. The summed E-state index contributed by atoms with van der Waals surface area (Å²) in [5.74, 6) is 1.19. The zero-order valence-electron chi connectivity index (χ0n) is 21.4. The third-order valence-corrected chi connectivity index (χ3v) is 5.35. The minimum absolute atomic E-state index is 0. The van der Waals surface area contributed by atoms with E-state index in [-0.39, 0.29) is 49.1 Å². The molecule has 0 aliphatic carbocycles. The molecular formula is C24H43N2O5S2U-. The summed E-state index contributed by atoms with van der Waals surface area (Å²) in [4.78, 5) is 12.1. The van der Waals surface area contributed by atoms with Gasteiger partial charge >= 0.3 is 0 Å². The average Bonchev–Trinajstić information content (AvgIpc) is 2.83. The van der Waals surface area contributed by atoms with Crippen LogP contribution in [-0.2, 0) is 25.9 Å². The Morgan fingerprint density at radius 2 is 1.74 bits per heavy atom. The fraction of sp³-hybridized carbons (Fsp3) is 0.708. The molecule has 7 nitrogen and oxygen atoms in total. The third-order valence-electron chi connectivity index (χ3n) is 4.22. The third kappa shape index (κ3) is 20.3. The van der Waals surface area contributed by atoms with Crippen molar-refractivity contribution in [3.8, 4) is 5.75 Å². The fourth-order valence-corrected chi connectivity index (χ4v) is 3.16.